The van der Waals surface area contributed by atoms with E-state index in [0.29, 0.717) is 19.5 Å². The molecule has 2 amide bonds. The SMILES string of the molecule is CC(C)CC(NC(=O)NCCn1ccnn1)C(=O)O. The van der Waals surface area contributed by atoms with Crippen molar-refractivity contribution < 1.29 is 14.7 Å². The zero-order chi connectivity index (χ0) is 14.3. The molecule has 1 heterocycles. The van der Waals surface area contributed by atoms with Crippen molar-refractivity contribution in [2.24, 2.45) is 5.92 Å². The van der Waals surface area contributed by atoms with Gasteiger partial charge in [0.05, 0.1) is 12.7 Å². The van der Waals surface area contributed by atoms with Crippen molar-refractivity contribution >= 4 is 12.0 Å². The van der Waals surface area contributed by atoms with Crippen LogP contribution in [-0.2, 0) is 11.3 Å². The van der Waals surface area contributed by atoms with E-state index >= 15 is 0 Å². The summed E-state index contributed by atoms with van der Waals surface area (Å²) in [5.41, 5.74) is 0. The zero-order valence-corrected chi connectivity index (χ0v) is 11.0. The molecule has 106 valence electrons. The van der Waals surface area contributed by atoms with Crippen LogP contribution in [-0.4, -0.2) is 44.7 Å². The van der Waals surface area contributed by atoms with E-state index in [0.717, 1.165) is 0 Å². The summed E-state index contributed by atoms with van der Waals surface area (Å²) < 4.78 is 1.57. The molecule has 0 bridgehead atoms. The topological polar surface area (TPSA) is 109 Å². The fraction of sp³-hybridized carbons (Fsp3) is 0.636. The number of nitrogens with zero attached hydrogens (tertiary/aromatic N) is 3. The third-order valence-electron chi connectivity index (χ3n) is 2.41. The van der Waals surface area contributed by atoms with Gasteiger partial charge in [0, 0.05) is 12.7 Å². The molecule has 1 atom stereocenters. The maximum absolute atomic E-state index is 11.5. The Labute approximate surface area is 111 Å². The normalized spacial score (nSPS) is 12.2. The molecule has 0 radical (unpaired) electrons. The van der Waals surface area contributed by atoms with Gasteiger partial charge < -0.3 is 15.7 Å². The number of carbonyl (C=O) groups excluding carboxylic acids is 1. The average Bonchev–Trinajstić information content (AvgIpc) is 2.80. The summed E-state index contributed by atoms with van der Waals surface area (Å²) in [7, 11) is 0. The van der Waals surface area contributed by atoms with E-state index in [-0.39, 0.29) is 5.92 Å². The van der Waals surface area contributed by atoms with E-state index in [2.05, 4.69) is 20.9 Å². The van der Waals surface area contributed by atoms with Crippen LogP contribution in [0.1, 0.15) is 20.3 Å². The molecule has 8 nitrogen and oxygen atoms in total. The number of hydrogen-bond donors (Lipinski definition) is 3. The molecule has 0 spiro atoms. The summed E-state index contributed by atoms with van der Waals surface area (Å²) in [6, 6.07) is -1.36. The van der Waals surface area contributed by atoms with Gasteiger partial charge >= 0.3 is 12.0 Å². The summed E-state index contributed by atoms with van der Waals surface area (Å²) in [6.07, 6.45) is 3.62. The number of carbonyl (C=O) groups is 2. The first kappa shape index (κ1) is 14.9. The van der Waals surface area contributed by atoms with Gasteiger partial charge in [-0.2, -0.15) is 0 Å². The molecule has 1 rings (SSSR count). The molecule has 0 saturated heterocycles. The molecule has 0 fully saturated rings. The lowest BCUT2D eigenvalue weighted by Gasteiger charge is -2.16. The highest BCUT2D eigenvalue weighted by molar-refractivity contribution is 5.82. The van der Waals surface area contributed by atoms with Crippen molar-refractivity contribution in [1.29, 1.82) is 0 Å². The number of carboxylic acids is 1. The number of aliphatic carboxylic acids is 1. The van der Waals surface area contributed by atoms with Crippen molar-refractivity contribution in [3.8, 4) is 0 Å². The first-order chi connectivity index (χ1) is 8.99. The molecule has 0 aliphatic carbocycles. The Bertz CT molecular complexity index is 404. The third kappa shape index (κ3) is 5.84. The van der Waals surface area contributed by atoms with Crippen LogP contribution >= 0.6 is 0 Å². The van der Waals surface area contributed by atoms with E-state index < -0.39 is 18.0 Å². The van der Waals surface area contributed by atoms with Gasteiger partial charge in [0.1, 0.15) is 6.04 Å². The highest BCUT2D eigenvalue weighted by Gasteiger charge is 2.20. The molecule has 1 aromatic rings. The smallest absolute Gasteiger partial charge is 0.326 e. The highest BCUT2D eigenvalue weighted by atomic mass is 16.4. The summed E-state index contributed by atoms with van der Waals surface area (Å²) in [4.78, 5) is 22.5. The van der Waals surface area contributed by atoms with Crippen LogP contribution < -0.4 is 10.6 Å². The Balaban J connectivity index is 2.30. The summed E-state index contributed by atoms with van der Waals surface area (Å²) >= 11 is 0. The lowest BCUT2D eigenvalue weighted by atomic mass is 10.0. The lowest BCUT2D eigenvalue weighted by Crippen LogP contribution is -2.47. The first-order valence-electron chi connectivity index (χ1n) is 6.10. The number of carboxylic acid groups (broad SMARTS) is 1. The molecule has 0 aromatic carbocycles. The fourth-order valence-electron chi connectivity index (χ4n) is 1.54. The quantitative estimate of drug-likeness (QED) is 0.649. The molecular formula is C11H19N5O3. The van der Waals surface area contributed by atoms with Crippen LogP contribution in [0.25, 0.3) is 0 Å². The predicted molar refractivity (Wildman–Crippen MR) is 67.4 cm³/mol. The van der Waals surface area contributed by atoms with Crippen LogP contribution in [0.3, 0.4) is 0 Å². The number of urea groups is 1. The summed E-state index contributed by atoms with van der Waals surface area (Å²) in [5.74, 6) is -0.836. The van der Waals surface area contributed by atoms with E-state index in [1.807, 2.05) is 13.8 Å². The van der Waals surface area contributed by atoms with Gasteiger partial charge in [0.25, 0.3) is 0 Å². The van der Waals surface area contributed by atoms with Crippen LogP contribution in [0.15, 0.2) is 12.4 Å². The van der Waals surface area contributed by atoms with Crippen LogP contribution in [0.4, 0.5) is 4.79 Å². The Kier molecular flexibility index (Phi) is 5.77. The zero-order valence-electron chi connectivity index (χ0n) is 11.0. The second-order valence-electron chi connectivity index (χ2n) is 4.59. The summed E-state index contributed by atoms with van der Waals surface area (Å²) in [5, 5.41) is 21.4. The number of amides is 2. The molecule has 0 aliphatic rings. The number of rotatable bonds is 7. The predicted octanol–water partition coefficient (Wildman–Crippen LogP) is 0.0766. The Morgan fingerprint density at radius 2 is 2.16 bits per heavy atom. The number of aromatic nitrogens is 3. The van der Waals surface area contributed by atoms with Gasteiger partial charge in [0.15, 0.2) is 0 Å². The minimum Gasteiger partial charge on any atom is -0.480 e. The van der Waals surface area contributed by atoms with Crippen molar-refractivity contribution in [2.75, 3.05) is 6.54 Å². The van der Waals surface area contributed by atoms with Crippen molar-refractivity contribution in [3.05, 3.63) is 12.4 Å². The monoisotopic (exact) mass is 269 g/mol. The van der Waals surface area contributed by atoms with Crippen LogP contribution in [0.5, 0.6) is 0 Å². The molecule has 0 saturated carbocycles. The van der Waals surface area contributed by atoms with Gasteiger partial charge in [-0.1, -0.05) is 19.1 Å². The van der Waals surface area contributed by atoms with Gasteiger partial charge in [-0.25, -0.2) is 9.59 Å². The van der Waals surface area contributed by atoms with E-state index in [9.17, 15) is 9.59 Å². The van der Waals surface area contributed by atoms with E-state index in [4.69, 9.17) is 5.11 Å². The first-order valence-corrected chi connectivity index (χ1v) is 6.10. The number of nitrogens with one attached hydrogen (secondary N) is 2. The Morgan fingerprint density at radius 3 is 2.68 bits per heavy atom. The van der Waals surface area contributed by atoms with E-state index in [1.54, 1.807) is 17.1 Å². The molecule has 1 unspecified atom stereocenters. The van der Waals surface area contributed by atoms with E-state index in [1.165, 1.54) is 0 Å². The standard InChI is InChI=1S/C11H19N5O3/c1-8(2)7-9(10(17)18)14-11(19)12-3-5-16-6-4-13-15-16/h4,6,8-9H,3,5,7H2,1-2H3,(H,17,18)(H2,12,14,19). The maximum atomic E-state index is 11.5. The van der Waals surface area contributed by atoms with Crippen molar-refractivity contribution in [1.82, 2.24) is 25.6 Å². The fourth-order valence-corrected chi connectivity index (χ4v) is 1.54. The van der Waals surface area contributed by atoms with Crippen molar-refractivity contribution in [2.45, 2.75) is 32.9 Å². The largest absolute Gasteiger partial charge is 0.480 e. The molecule has 1 aromatic heterocycles. The minimum absolute atomic E-state index is 0.191. The molecule has 0 aliphatic heterocycles. The minimum atomic E-state index is -1.03. The summed E-state index contributed by atoms with van der Waals surface area (Å²) in [6.45, 7) is 4.64. The van der Waals surface area contributed by atoms with Gasteiger partial charge in [-0.15, -0.1) is 5.10 Å². The lowest BCUT2D eigenvalue weighted by molar-refractivity contribution is -0.139. The Hall–Kier alpha value is -2.12. The average molecular weight is 269 g/mol. The third-order valence-corrected chi connectivity index (χ3v) is 2.41. The van der Waals surface area contributed by atoms with Gasteiger partial charge in [0.2, 0.25) is 0 Å². The van der Waals surface area contributed by atoms with Crippen molar-refractivity contribution in [3.63, 3.8) is 0 Å². The molecule has 19 heavy (non-hydrogen) atoms. The second kappa shape index (κ2) is 7.34. The maximum Gasteiger partial charge on any atom is 0.326 e. The van der Waals surface area contributed by atoms with Crippen LogP contribution in [0.2, 0.25) is 0 Å². The second-order valence-corrected chi connectivity index (χ2v) is 4.59. The Morgan fingerprint density at radius 1 is 1.42 bits per heavy atom. The molecule has 3 N–H and O–H groups in total. The molecule has 8 heteroatoms. The van der Waals surface area contributed by atoms with Crippen LogP contribution in [0, 0.1) is 5.92 Å². The van der Waals surface area contributed by atoms with Gasteiger partial charge in [-0.05, 0) is 12.3 Å². The highest BCUT2D eigenvalue weighted by Crippen LogP contribution is 2.04. The molecular weight excluding hydrogens is 250 g/mol. The number of hydrogen-bond acceptors (Lipinski definition) is 4. The van der Waals surface area contributed by atoms with Gasteiger partial charge in [-0.3, -0.25) is 4.68 Å².